The van der Waals surface area contributed by atoms with Crippen LogP contribution >= 0.6 is 0 Å². The highest BCUT2D eigenvalue weighted by molar-refractivity contribution is 8.78. The Morgan fingerprint density at radius 1 is 0.400 bits per heavy atom. The van der Waals surface area contributed by atoms with Crippen LogP contribution in [0.1, 0.15) is 79.7 Å². The van der Waals surface area contributed by atoms with Crippen molar-refractivity contribution in [3.63, 3.8) is 0 Å². The van der Waals surface area contributed by atoms with Crippen LogP contribution in [0.5, 0.6) is 5.75 Å². The largest absolute Gasteiger partial charge is 0.508 e. The first-order valence-electron chi connectivity index (χ1n) is 22.5. The van der Waals surface area contributed by atoms with Crippen molar-refractivity contribution < 1.29 is 46.9 Å². The number of nitrogens with zero attached hydrogens (tertiary/aromatic N) is 2. The summed E-state index contributed by atoms with van der Waals surface area (Å²) in [6, 6.07) is 34.6. The van der Waals surface area contributed by atoms with Crippen LogP contribution in [0.25, 0.3) is 0 Å². The molecule has 2 saturated heterocycles. The summed E-state index contributed by atoms with van der Waals surface area (Å²) >= 11 is 9.50. The molecule has 6 atom stereocenters. The Morgan fingerprint density at radius 3 is 0.938 bits per heavy atom. The standard InChI is InChI=1S/C24H20F3NO2.C24H21F2NO3.CH4.S19/c25-17-5-1-15(2-6-17)22(29)14-13-21-23(16-3-7-18(26)8-4-16)28(24(21)30)20-11-9-19(27)10-12-20;25-17-5-1-15(2-6-17)22(29)14-13-21-23(16-3-11-20(28)12-4-16)27(24(21)30)19-9-7-18(26)8-10-19;;1-3-5-7-9-11-13-15-17-19-18-16-14-12-10-8-6-4-2/h1-12,21-23,29H,13-14H2;1-12,21-23,28-29H,13-14H2;1H4;/t2*21-,22+,23-;;/m11../s1/i26-1;;;. The van der Waals surface area contributed by atoms with E-state index in [0.29, 0.717) is 48.2 Å². The highest BCUT2D eigenvalue weighted by Gasteiger charge is 2.49. The second-order valence-electron chi connectivity index (χ2n) is 16.1. The van der Waals surface area contributed by atoms with E-state index < -0.39 is 23.9 Å². The summed E-state index contributed by atoms with van der Waals surface area (Å²) in [7, 11) is 29.0. The molecule has 6 aromatic rings. The van der Waals surface area contributed by atoms with E-state index >= 15 is 0 Å². The van der Waals surface area contributed by atoms with E-state index in [4.69, 9.17) is 22.4 Å². The maximum absolute atomic E-state index is 13.4. The number of halogens is 5. The number of hydrogen-bond donors (Lipinski definition) is 3. The van der Waals surface area contributed by atoms with Crippen LogP contribution in [0.4, 0.5) is 33.3 Å². The maximum atomic E-state index is 13.4. The van der Waals surface area contributed by atoms with Crippen molar-refractivity contribution >= 4 is 197 Å². The molecule has 0 unspecified atom stereocenters. The minimum absolute atomic E-state index is 0. The normalized spacial score (nSPS) is 16.3. The van der Waals surface area contributed by atoms with Crippen molar-refractivity contribution in [3.8, 4) is 5.75 Å². The van der Waals surface area contributed by atoms with Crippen LogP contribution in [0.3, 0.4) is 0 Å². The van der Waals surface area contributed by atoms with Gasteiger partial charge in [0.05, 0.1) is 36.1 Å². The smallest absolute Gasteiger partial charge is 0.233 e. The lowest BCUT2D eigenvalue weighted by Gasteiger charge is -2.48. The van der Waals surface area contributed by atoms with Gasteiger partial charge >= 0.3 is 0 Å². The molecule has 2 heterocycles. The first-order chi connectivity index (χ1) is 38.3. The zero-order valence-corrected chi connectivity index (χ0v) is 55.4. The molecular weight excluding hydrogens is 1400 g/mol. The predicted molar refractivity (Wildman–Crippen MR) is 363 cm³/mol. The van der Waals surface area contributed by atoms with Crippen molar-refractivity contribution in [2.24, 2.45) is 11.8 Å². The minimum atomic E-state index is -0.827. The van der Waals surface area contributed by atoms with Gasteiger partial charge in [-0.3, -0.25) is 9.59 Å². The summed E-state index contributed by atoms with van der Waals surface area (Å²) in [5, 5.41) is 30.5. The number of amides is 2. The SMILES string of the molecule is C.O=C1[C@H](CC[C@H](O)c2ccc(F)cc2)[C@@H](c2ccc(O)cc2)N1c1ccc(F)cc1.O=C1[C@H](CC[C@H](O)c2ccc(F)cc2)[C@@H](c2ccc([18F])cc2)N1c1ccc(F)cc1.S=S=S=S=S=S=S=S=S=S=S=S=S=S=S=S=S=S=S. The van der Waals surface area contributed by atoms with Crippen molar-refractivity contribution in [1.29, 1.82) is 0 Å². The maximum Gasteiger partial charge on any atom is 0.233 e. The number of phenolic OH excluding ortho intramolecular Hbond substituents is 1. The number of aliphatic hydroxyl groups excluding tert-OH is 2. The lowest BCUT2D eigenvalue weighted by atomic mass is 9.78. The molecule has 0 saturated carbocycles. The molecule has 0 bridgehead atoms. The Bertz CT molecular complexity index is 3630. The molecule has 0 radical (unpaired) electrons. The van der Waals surface area contributed by atoms with Gasteiger partial charge in [0.2, 0.25) is 11.8 Å². The van der Waals surface area contributed by atoms with Crippen LogP contribution < -0.4 is 9.80 Å². The quantitative estimate of drug-likeness (QED) is 0.0829. The third-order valence-electron chi connectivity index (χ3n) is 11.5. The van der Waals surface area contributed by atoms with Crippen molar-refractivity contribution in [2.45, 2.75) is 57.4 Å². The van der Waals surface area contributed by atoms with E-state index in [1.807, 2.05) is 0 Å². The van der Waals surface area contributed by atoms with Gasteiger partial charge in [0.1, 0.15) is 34.8 Å². The molecule has 6 aromatic carbocycles. The van der Waals surface area contributed by atoms with E-state index in [2.05, 4.69) is 0 Å². The molecule has 80 heavy (non-hydrogen) atoms. The zero-order valence-electron chi connectivity index (χ0n) is 39.8. The van der Waals surface area contributed by atoms with Gasteiger partial charge in [-0.1, -0.05) is 56.0 Å². The topological polar surface area (TPSA) is 101 Å². The Labute approximate surface area is 518 Å². The number of carbonyl (C=O) groups excluding carboxylic acids is 2. The van der Waals surface area contributed by atoms with Gasteiger partial charge in [-0.25, -0.2) is 22.0 Å². The molecule has 2 amide bonds. The minimum Gasteiger partial charge on any atom is -0.508 e. The van der Waals surface area contributed by atoms with Crippen LogP contribution in [0.15, 0.2) is 146 Å². The van der Waals surface area contributed by atoms with Gasteiger partial charge in [0.15, 0.2) is 0 Å². The molecule has 0 aromatic heterocycles. The zero-order chi connectivity index (χ0) is 56.5. The van der Waals surface area contributed by atoms with Gasteiger partial charge in [0, 0.05) is 185 Å². The summed E-state index contributed by atoms with van der Waals surface area (Å²) < 4.78 is 66.2. The lowest BCUT2D eigenvalue weighted by molar-refractivity contribution is -0.131. The number of anilines is 2. The number of benzene rings is 6. The predicted octanol–water partition coefficient (Wildman–Crippen LogP) is 10.8. The molecule has 7 nitrogen and oxygen atoms in total. The summed E-state index contributed by atoms with van der Waals surface area (Å²) in [6.07, 6.45) is -0.145. The fraction of sp³-hybridized carbons (Fsp3) is 0.224. The number of β-lactam (4-membered cyclic amide) rings is 2. The fourth-order valence-electron chi connectivity index (χ4n) is 8.08. The Kier molecular flexibility index (Phi) is 32.0. The van der Waals surface area contributed by atoms with Crippen molar-refractivity contribution in [3.05, 3.63) is 197 Å². The summed E-state index contributed by atoms with van der Waals surface area (Å²) in [5.41, 5.74) is 3.94. The molecule has 430 valence electrons. The molecule has 8 rings (SSSR count). The van der Waals surface area contributed by atoms with Crippen molar-refractivity contribution in [1.82, 2.24) is 0 Å². The number of hydrogen-bond acceptors (Lipinski definition) is 7. The van der Waals surface area contributed by atoms with E-state index in [1.54, 1.807) is 192 Å². The number of carbonyl (C=O) groups is 2. The molecule has 2 fully saturated rings. The van der Waals surface area contributed by atoms with Gasteiger partial charge in [0.25, 0.3) is 0 Å². The van der Waals surface area contributed by atoms with Crippen LogP contribution in [0.2, 0.25) is 0 Å². The first-order valence-corrected chi connectivity index (χ1v) is 46.5. The molecule has 0 aliphatic carbocycles. The van der Waals surface area contributed by atoms with E-state index in [1.165, 1.54) is 115 Å². The highest BCUT2D eigenvalue weighted by atomic mass is 33.5. The van der Waals surface area contributed by atoms with Gasteiger partial charge in [-0.2, -0.15) is 0 Å². The second kappa shape index (κ2) is 37.3. The Morgan fingerprint density at radius 2 is 0.650 bits per heavy atom. The van der Waals surface area contributed by atoms with Gasteiger partial charge < -0.3 is 25.1 Å². The number of aromatic hydroxyl groups is 1. The number of aliphatic hydroxyl groups is 2. The third-order valence-corrected chi connectivity index (χ3v) is 47.1. The monoisotopic (exact) mass is 1440 g/mol. The van der Waals surface area contributed by atoms with E-state index in [0.717, 1.165) is 11.1 Å². The van der Waals surface area contributed by atoms with E-state index in [-0.39, 0.29) is 66.3 Å². The average molecular weight is 1450 g/mol. The highest BCUT2D eigenvalue weighted by Crippen LogP contribution is 2.48. The number of phenols is 1. The van der Waals surface area contributed by atoms with Crippen molar-refractivity contribution in [2.75, 3.05) is 9.80 Å². The lowest BCUT2D eigenvalue weighted by Crippen LogP contribution is -2.55. The summed E-state index contributed by atoms with van der Waals surface area (Å²) in [5.74, 6) is -2.80. The van der Waals surface area contributed by atoms with Gasteiger partial charge in [-0.15, -0.1) is 0 Å². The molecule has 2 aliphatic rings. The summed E-state index contributed by atoms with van der Waals surface area (Å²) in [6.45, 7) is 0. The van der Waals surface area contributed by atoms with E-state index in [9.17, 15) is 46.9 Å². The fourth-order valence-corrected chi connectivity index (χ4v) is 49.2. The molecule has 0 spiro atoms. The third kappa shape index (κ3) is 21.7. The first kappa shape index (κ1) is 68.6. The number of rotatable bonds is 12. The summed E-state index contributed by atoms with van der Waals surface area (Å²) in [4.78, 5) is 29.0. The Hall–Kier alpha value is -2.19. The molecule has 2 aliphatic heterocycles. The molecule has 31 heteroatoms. The van der Waals surface area contributed by atoms with Crippen LogP contribution in [-0.4, -0.2) is 27.1 Å². The van der Waals surface area contributed by atoms with Gasteiger partial charge in [-0.05, 0) is 145 Å². The molecule has 3 N–H and O–H groups in total. The van der Waals surface area contributed by atoms with Crippen LogP contribution in [-0.2, 0) is 183 Å². The average Bonchev–Trinajstić information content (AvgIpc) is 3.64. The Balaban J connectivity index is 0.000000226. The molecular formula is C49H45F5N2O5S19. The second-order valence-corrected chi connectivity index (χ2v) is 46.1. The van der Waals surface area contributed by atoms with Crippen LogP contribution in [0, 0.1) is 40.9 Å².